The van der Waals surface area contributed by atoms with Gasteiger partial charge in [0.25, 0.3) is 0 Å². The quantitative estimate of drug-likeness (QED) is 0.291. The second-order valence-electron chi connectivity index (χ2n) is 9.15. The van der Waals surface area contributed by atoms with Crippen molar-refractivity contribution in [3.05, 3.63) is 95.7 Å². The van der Waals surface area contributed by atoms with Gasteiger partial charge in [0, 0.05) is 29.4 Å². The van der Waals surface area contributed by atoms with Crippen molar-refractivity contribution < 1.29 is 24.2 Å². The minimum atomic E-state index is -1.17. The van der Waals surface area contributed by atoms with Crippen LogP contribution in [0.15, 0.2) is 79.0 Å². The van der Waals surface area contributed by atoms with Crippen LogP contribution in [0.3, 0.4) is 0 Å². The largest absolute Gasteiger partial charge is 0.480 e. The Kier molecular flexibility index (Phi) is 6.64. The van der Waals surface area contributed by atoms with E-state index in [0.29, 0.717) is 0 Å². The summed E-state index contributed by atoms with van der Waals surface area (Å²) >= 11 is 0. The van der Waals surface area contributed by atoms with Crippen molar-refractivity contribution in [1.82, 2.24) is 15.6 Å². The fourth-order valence-electron chi connectivity index (χ4n) is 4.89. The van der Waals surface area contributed by atoms with Crippen molar-refractivity contribution in [3.8, 4) is 11.1 Å². The summed E-state index contributed by atoms with van der Waals surface area (Å²) in [5.41, 5.74) is 6.12. The lowest BCUT2D eigenvalue weighted by Crippen LogP contribution is -2.51. The Morgan fingerprint density at radius 2 is 1.54 bits per heavy atom. The molecule has 8 nitrogen and oxygen atoms in total. The highest BCUT2D eigenvalue weighted by Gasteiger charge is 2.30. The number of para-hydroxylation sites is 1. The number of carbonyl (C=O) groups is 3. The topological polar surface area (TPSA) is 121 Å². The van der Waals surface area contributed by atoms with Gasteiger partial charge in [0.05, 0.1) is 0 Å². The minimum absolute atomic E-state index is 0.104. The maximum Gasteiger partial charge on any atom is 0.407 e. The van der Waals surface area contributed by atoms with Gasteiger partial charge >= 0.3 is 12.1 Å². The highest BCUT2D eigenvalue weighted by atomic mass is 16.5. The van der Waals surface area contributed by atoms with Gasteiger partial charge in [0.1, 0.15) is 18.7 Å². The Balaban J connectivity index is 1.32. The van der Waals surface area contributed by atoms with Crippen molar-refractivity contribution in [1.29, 1.82) is 0 Å². The number of aliphatic carboxylic acids is 1. The Hall–Kier alpha value is -4.59. The monoisotopic (exact) mass is 497 g/mol. The number of carboxylic acid groups (broad SMARTS) is 1. The molecule has 0 spiro atoms. The van der Waals surface area contributed by atoms with Crippen LogP contribution >= 0.6 is 0 Å². The van der Waals surface area contributed by atoms with E-state index in [1.165, 1.54) is 6.92 Å². The number of alkyl carbamates (subject to hydrolysis) is 1. The fraction of sp³-hybridized carbons (Fsp3) is 0.207. The molecular formula is C29H27N3O5. The first-order chi connectivity index (χ1) is 17.9. The van der Waals surface area contributed by atoms with Gasteiger partial charge in [-0.2, -0.15) is 0 Å². The maximum absolute atomic E-state index is 13.0. The number of ether oxygens (including phenoxy) is 1. The molecule has 1 aromatic heterocycles. The Morgan fingerprint density at radius 3 is 2.22 bits per heavy atom. The van der Waals surface area contributed by atoms with Crippen LogP contribution in [0.2, 0.25) is 0 Å². The third-order valence-corrected chi connectivity index (χ3v) is 6.78. The van der Waals surface area contributed by atoms with Crippen molar-refractivity contribution in [2.75, 3.05) is 6.61 Å². The van der Waals surface area contributed by atoms with E-state index in [2.05, 4.69) is 27.8 Å². The van der Waals surface area contributed by atoms with E-state index >= 15 is 0 Å². The Morgan fingerprint density at radius 1 is 0.919 bits per heavy atom. The molecule has 0 fully saturated rings. The number of hydrogen-bond donors (Lipinski definition) is 4. The smallest absolute Gasteiger partial charge is 0.407 e. The average molecular weight is 498 g/mol. The predicted octanol–water partition coefficient (Wildman–Crippen LogP) is 4.21. The molecule has 37 heavy (non-hydrogen) atoms. The third-order valence-electron chi connectivity index (χ3n) is 6.78. The molecule has 0 saturated carbocycles. The van der Waals surface area contributed by atoms with Crippen LogP contribution in [0.4, 0.5) is 4.79 Å². The SMILES string of the molecule is CC(NC(=O)[C@H](Cc1c[nH]c2ccccc12)NC(=O)OCC1c2ccccc2-c2ccccc21)C(=O)O. The zero-order valence-corrected chi connectivity index (χ0v) is 20.2. The first kappa shape index (κ1) is 24.1. The molecule has 8 heteroatoms. The highest BCUT2D eigenvalue weighted by Crippen LogP contribution is 2.44. The first-order valence-corrected chi connectivity index (χ1v) is 12.1. The number of nitrogens with one attached hydrogen (secondary N) is 3. The van der Waals surface area contributed by atoms with Gasteiger partial charge in [-0.15, -0.1) is 0 Å². The number of H-pyrrole nitrogens is 1. The predicted molar refractivity (Wildman–Crippen MR) is 139 cm³/mol. The summed E-state index contributed by atoms with van der Waals surface area (Å²) in [6.07, 6.45) is 1.20. The van der Waals surface area contributed by atoms with E-state index in [4.69, 9.17) is 4.74 Å². The lowest BCUT2D eigenvalue weighted by Gasteiger charge is -2.21. The number of aromatic amines is 1. The molecule has 0 bridgehead atoms. The fourth-order valence-corrected chi connectivity index (χ4v) is 4.89. The lowest BCUT2D eigenvalue weighted by molar-refractivity contribution is -0.141. The molecule has 1 aliphatic rings. The average Bonchev–Trinajstić information content (AvgIpc) is 3.46. The van der Waals surface area contributed by atoms with Crippen LogP contribution in [-0.4, -0.2) is 46.8 Å². The van der Waals surface area contributed by atoms with Gasteiger partial charge in [-0.1, -0.05) is 66.7 Å². The molecule has 0 radical (unpaired) electrons. The number of hydrogen-bond acceptors (Lipinski definition) is 4. The van der Waals surface area contributed by atoms with E-state index in [0.717, 1.165) is 38.7 Å². The molecule has 2 atom stereocenters. The molecule has 2 amide bonds. The van der Waals surface area contributed by atoms with E-state index < -0.39 is 30.1 Å². The molecule has 0 saturated heterocycles. The molecular weight excluding hydrogens is 470 g/mol. The van der Waals surface area contributed by atoms with E-state index in [-0.39, 0.29) is 18.9 Å². The lowest BCUT2D eigenvalue weighted by atomic mass is 9.98. The number of benzene rings is 3. The van der Waals surface area contributed by atoms with Crippen LogP contribution < -0.4 is 10.6 Å². The third kappa shape index (κ3) is 4.91. The maximum atomic E-state index is 13.0. The van der Waals surface area contributed by atoms with E-state index in [9.17, 15) is 19.5 Å². The number of carboxylic acids is 1. The van der Waals surface area contributed by atoms with Crippen molar-refractivity contribution in [3.63, 3.8) is 0 Å². The molecule has 4 aromatic rings. The Labute approximate surface area is 213 Å². The van der Waals surface area contributed by atoms with Gasteiger partial charge in [-0.3, -0.25) is 9.59 Å². The molecule has 0 aliphatic heterocycles. The van der Waals surface area contributed by atoms with Gasteiger partial charge in [0.2, 0.25) is 5.91 Å². The molecule has 1 unspecified atom stereocenters. The second kappa shape index (κ2) is 10.2. The van der Waals surface area contributed by atoms with Crippen molar-refractivity contribution in [2.45, 2.75) is 31.3 Å². The molecule has 5 rings (SSSR count). The number of amides is 2. The van der Waals surface area contributed by atoms with Crippen molar-refractivity contribution >= 4 is 28.9 Å². The van der Waals surface area contributed by atoms with Gasteiger partial charge < -0.3 is 25.5 Å². The summed E-state index contributed by atoms with van der Waals surface area (Å²) in [7, 11) is 0. The summed E-state index contributed by atoms with van der Waals surface area (Å²) in [6, 6.07) is 21.5. The number of carbonyl (C=O) groups excluding carboxylic acids is 2. The van der Waals surface area contributed by atoms with Gasteiger partial charge in [-0.25, -0.2) is 4.79 Å². The summed E-state index contributed by atoms with van der Waals surface area (Å²) in [5, 5.41) is 15.2. The normalized spacial score (nSPS) is 13.9. The molecule has 1 aliphatic carbocycles. The van der Waals surface area contributed by atoms with Crippen LogP contribution in [-0.2, 0) is 20.7 Å². The standard InChI is InChI=1S/C29H27N3O5/c1-17(28(34)35)31-27(33)26(14-18-15-30-25-13-7-6-8-19(18)25)32-29(36)37-16-24-22-11-4-2-9-20(22)21-10-3-5-12-23(21)24/h2-13,15,17,24,26,30H,14,16H2,1H3,(H,31,33)(H,32,36)(H,34,35)/t17?,26-/m0/s1. The minimum Gasteiger partial charge on any atom is -0.480 e. The molecule has 1 heterocycles. The second-order valence-corrected chi connectivity index (χ2v) is 9.15. The van der Waals surface area contributed by atoms with Crippen LogP contribution in [0.25, 0.3) is 22.0 Å². The van der Waals surface area contributed by atoms with Gasteiger partial charge in [-0.05, 0) is 40.8 Å². The number of fused-ring (bicyclic) bond motifs is 4. The van der Waals surface area contributed by atoms with Crippen molar-refractivity contribution in [2.24, 2.45) is 0 Å². The molecule has 4 N–H and O–H groups in total. The highest BCUT2D eigenvalue weighted by molar-refractivity contribution is 5.90. The number of rotatable bonds is 8. The zero-order valence-electron chi connectivity index (χ0n) is 20.2. The summed E-state index contributed by atoms with van der Waals surface area (Å²) < 4.78 is 5.63. The molecule has 188 valence electrons. The summed E-state index contributed by atoms with van der Waals surface area (Å²) in [6.45, 7) is 1.48. The van der Waals surface area contributed by atoms with Crippen LogP contribution in [0.5, 0.6) is 0 Å². The molecule has 3 aromatic carbocycles. The number of aromatic nitrogens is 1. The zero-order chi connectivity index (χ0) is 25.9. The van der Waals surface area contributed by atoms with Gasteiger partial charge in [0.15, 0.2) is 0 Å². The van der Waals surface area contributed by atoms with E-state index in [1.54, 1.807) is 6.20 Å². The summed E-state index contributed by atoms with van der Waals surface area (Å²) in [4.78, 5) is 40.3. The van der Waals surface area contributed by atoms with Crippen LogP contribution in [0, 0.1) is 0 Å². The summed E-state index contributed by atoms with van der Waals surface area (Å²) in [5.74, 6) is -1.89. The Bertz CT molecular complexity index is 1430. The van der Waals surface area contributed by atoms with Crippen LogP contribution in [0.1, 0.15) is 29.5 Å². The first-order valence-electron chi connectivity index (χ1n) is 12.1. The van der Waals surface area contributed by atoms with E-state index in [1.807, 2.05) is 60.7 Å².